The van der Waals surface area contributed by atoms with E-state index >= 15 is 0 Å². The number of rotatable bonds is 3. The Kier molecular flexibility index (Phi) is 4.94. The quantitative estimate of drug-likeness (QED) is 0.286. The van der Waals surface area contributed by atoms with Crippen LogP contribution >= 0.6 is 22.6 Å². The monoisotopic (exact) mass is 519 g/mol. The third-order valence-electron chi connectivity index (χ3n) is 5.42. The fraction of sp³-hybridized carbons (Fsp3) is 0.0800. The van der Waals surface area contributed by atoms with Crippen LogP contribution in [0.5, 0.6) is 0 Å². The molecule has 2 heterocycles. The van der Waals surface area contributed by atoms with Gasteiger partial charge in [-0.05, 0) is 72.0 Å². The highest BCUT2D eigenvalue weighted by molar-refractivity contribution is 14.1. The number of likely N-dealkylation sites (N-methyl/N-ethyl adjacent to an activating group) is 1. The van der Waals surface area contributed by atoms with Gasteiger partial charge in [0.25, 0.3) is 11.5 Å². The average molecular weight is 519 g/mol. The fourth-order valence-corrected chi connectivity index (χ4v) is 4.48. The Bertz CT molecular complexity index is 1420. The number of para-hydroxylation sites is 2. The van der Waals surface area contributed by atoms with Gasteiger partial charge in [-0.2, -0.15) is 0 Å². The zero-order valence-corrected chi connectivity index (χ0v) is 18.9. The zero-order valence-electron chi connectivity index (χ0n) is 16.7. The molecule has 0 radical (unpaired) electrons. The van der Waals surface area contributed by atoms with Crippen molar-refractivity contribution < 1.29 is 4.79 Å². The molecular formula is C25H18IN3O2. The summed E-state index contributed by atoms with van der Waals surface area (Å²) in [5.41, 5.74) is 3.43. The molecule has 0 unspecified atom stereocenters. The molecule has 0 saturated carbocycles. The summed E-state index contributed by atoms with van der Waals surface area (Å²) in [6, 6.07) is 22.7. The lowest BCUT2D eigenvalue weighted by molar-refractivity contribution is -0.112. The Labute approximate surface area is 192 Å². The molecule has 0 fully saturated rings. The third-order valence-corrected chi connectivity index (χ3v) is 6.09. The number of hydrogen-bond acceptors (Lipinski definition) is 3. The summed E-state index contributed by atoms with van der Waals surface area (Å²) >= 11 is 2.19. The number of amides is 1. The number of fused-ring (bicyclic) bond motifs is 2. The predicted molar refractivity (Wildman–Crippen MR) is 132 cm³/mol. The Morgan fingerprint density at radius 3 is 2.48 bits per heavy atom. The van der Waals surface area contributed by atoms with E-state index in [1.54, 1.807) is 15.5 Å². The second kappa shape index (κ2) is 7.77. The van der Waals surface area contributed by atoms with E-state index in [0.717, 1.165) is 14.8 Å². The van der Waals surface area contributed by atoms with Gasteiger partial charge >= 0.3 is 0 Å². The molecule has 1 amide bonds. The number of anilines is 1. The van der Waals surface area contributed by atoms with Crippen LogP contribution in [0.2, 0.25) is 0 Å². The number of halogens is 1. The highest BCUT2D eigenvalue weighted by Crippen LogP contribution is 2.37. The van der Waals surface area contributed by atoms with Crippen LogP contribution in [0.25, 0.3) is 28.2 Å². The first-order valence-electron chi connectivity index (χ1n) is 9.99. The molecule has 0 atom stereocenters. The molecule has 5 rings (SSSR count). The predicted octanol–water partition coefficient (Wildman–Crippen LogP) is 4.90. The van der Waals surface area contributed by atoms with Gasteiger partial charge in [-0.1, -0.05) is 36.4 Å². The molecule has 3 aromatic carbocycles. The van der Waals surface area contributed by atoms with Crippen LogP contribution < -0.4 is 10.5 Å². The summed E-state index contributed by atoms with van der Waals surface area (Å²) in [5, 5.41) is 0.547. The van der Waals surface area contributed by atoms with Crippen LogP contribution in [0.1, 0.15) is 18.3 Å². The van der Waals surface area contributed by atoms with E-state index in [0.29, 0.717) is 34.5 Å². The summed E-state index contributed by atoms with van der Waals surface area (Å²) in [7, 11) is 0. The topological polar surface area (TPSA) is 55.2 Å². The molecule has 152 valence electrons. The van der Waals surface area contributed by atoms with Gasteiger partial charge in [-0.15, -0.1) is 0 Å². The molecule has 1 aliphatic heterocycles. The second-order valence-electron chi connectivity index (χ2n) is 7.23. The van der Waals surface area contributed by atoms with E-state index in [2.05, 4.69) is 22.6 Å². The Morgan fingerprint density at radius 2 is 1.71 bits per heavy atom. The first-order valence-corrected chi connectivity index (χ1v) is 11.1. The molecule has 6 heteroatoms. The summed E-state index contributed by atoms with van der Waals surface area (Å²) in [6.45, 7) is 2.52. The second-order valence-corrected chi connectivity index (χ2v) is 8.48. The molecule has 0 N–H and O–H groups in total. The van der Waals surface area contributed by atoms with E-state index in [1.807, 2.05) is 79.7 Å². The summed E-state index contributed by atoms with van der Waals surface area (Å²) in [6.07, 6.45) is 1.74. The smallest absolute Gasteiger partial charge is 0.266 e. The van der Waals surface area contributed by atoms with Gasteiger partial charge in [-0.3, -0.25) is 14.2 Å². The number of aromatic nitrogens is 2. The van der Waals surface area contributed by atoms with E-state index in [4.69, 9.17) is 4.98 Å². The summed E-state index contributed by atoms with van der Waals surface area (Å²) < 4.78 is 2.55. The van der Waals surface area contributed by atoms with Gasteiger partial charge in [0.05, 0.1) is 27.9 Å². The average Bonchev–Trinajstić information content (AvgIpc) is 3.06. The minimum absolute atomic E-state index is 0.0831. The van der Waals surface area contributed by atoms with Crippen molar-refractivity contribution >= 4 is 56.7 Å². The van der Waals surface area contributed by atoms with E-state index < -0.39 is 0 Å². The summed E-state index contributed by atoms with van der Waals surface area (Å²) in [5.74, 6) is 0.348. The van der Waals surface area contributed by atoms with Gasteiger partial charge in [0, 0.05) is 15.7 Å². The summed E-state index contributed by atoms with van der Waals surface area (Å²) in [4.78, 5) is 33.2. The first kappa shape index (κ1) is 19.7. The normalized spacial score (nSPS) is 14.5. The van der Waals surface area contributed by atoms with Crippen LogP contribution in [-0.4, -0.2) is 22.0 Å². The molecular weight excluding hydrogens is 501 g/mol. The first-order chi connectivity index (χ1) is 15.1. The number of carbonyl (C=O) groups excluding carboxylic acids is 1. The Morgan fingerprint density at radius 1 is 0.968 bits per heavy atom. The van der Waals surface area contributed by atoms with Crippen molar-refractivity contribution in [2.24, 2.45) is 0 Å². The molecule has 31 heavy (non-hydrogen) atoms. The van der Waals surface area contributed by atoms with Gasteiger partial charge in [0.15, 0.2) is 0 Å². The number of benzene rings is 3. The van der Waals surface area contributed by atoms with E-state index in [1.165, 1.54) is 0 Å². The van der Waals surface area contributed by atoms with Crippen LogP contribution in [-0.2, 0) is 4.79 Å². The maximum absolute atomic E-state index is 13.5. The largest absolute Gasteiger partial charge is 0.308 e. The molecule has 1 aliphatic rings. The van der Waals surface area contributed by atoms with Crippen molar-refractivity contribution in [2.45, 2.75) is 6.92 Å². The molecule has 0 aliphatic carbocycles. The van der Waals surface area contributed by atoms with Crippen molar-refractivity contribution in [2.75, 3.05) is 11.4 Å². The Balaban J connectivity index is 1.82. The zero-order chi connectivity index (χ0) is 21.5. The van der Waals surface area contributed by atoms with Crippen molar-refractivity contribution in [3.05, 3.63) is 98.1 Å². The Hall–Kier alpha value is -3.26. The number of carbonyl (C=O) groups is 1. The van der Waals surface area contributed by atoms with Crippen LogP contribution in [0.15, 0.2) is 77.6 Å². The van der Waals surface area contributed by atoms with Crippen molar-refractivity contribution in [3.63, 3.8) is 0 Å². The molecule has 1 aromatic heterocycles. The molecule has 5 nitrogen and oxygen atoms in total. The standard InChI is InChI=1S/C25H18IN3O2/c1-2-28-22-11-7-6-10-18(22)19(24(28)30)15-23-27-21-13-12-16(26)14-20(21)25(31)29(23)17-8-4-3-5-9-17/h3-15H,2H2,1H3/b19-15-. The number of nitrogens with zero attached hydrogens (tertiary/aromatic N) is 3. The fourth-order valence-electron chi connectivity index (χ4n) is 3.99. The lowest BCUT2D eigenvalue weighted by Crippen LogP contribution is -2.26. The highest BCUT2D eigenvalue weighted by Gasteiger charge is 2.31. The molecule has 0 saturated heterocycles. The van der Waals surface area contributed by atoms with Crippen LogP contribution in [0, 0.1) is 3.57 Å². The van der Waals surface area contributed by atoms with Gasteiger partial charge in [0.1, 0.15) is 5.82 Å². The van der Waals surface area contributed by atoms with Crippen LogP contribution in [0.4, 0.5) is 5.69 Å². The van der Waals surface area contributed by atoms with Gasteiger partial charge in [-0.25, -0.2) is 4.98 Å². The molecule has 0 bridgehead atoms. The maximum Gasteiger partial charge on any atom is 0.266 e. The SMILES string of the molecule is CCN1C(=O)/C(=C\c2nc3ccc(I)cc3c(=O)n2-c2ccccc2)c2ccccc21. The van der Waals surface area contributed by atoms with Crippen LogP contribution in [0.3, 0.4) is 0 Å². The van der Waals surface area contributed by atoms with Crippen molar-refractivity contribution in [1.29, 1.82) is 0 Å². The van der Waals surface area contributed by atoms with Gasteiger partial charge < -0.3 is 4.90 Å². The maximum atomic E-state index is 13.5. The number of hydrogen-bond donors (Lipinski definition) is 0. The third kappa shape index (κ3) is 3.27. The van der Waals surface area contributed by atoms with Crippen molar-refractivity contribution in [1.82, 2.24) is 9.55 Å². The van der Waals surface area contributed by atoms with E-state index in [9.17, 15) is 9.59 Å². The van der Waals surface area contributed by atoms with E-state index in [-0.39, 0.29) is 11.5 Å². The lowest BCUT2D eigenvalue weighted by atomic mass is 10.1. The molecule has 0 spiro atoms. The minimum atomic E-state index is -0.160. The lowest BCUT2D eigenvalue weighted by Gasteiger charge is -2.14. The van der Waals surface area contributed by atoms with Crippen molar-refractivity contribution in [3.8, 4) is 5.69 Å². The van der Waals surface area contributed by atoms with Gasteiger partial charge in [0.2, 0.25) is 0 Å². The minimum Gasteiger partial charge on any atom is -0.308 e. The molecule has 4 aromatic rings. The highest BCUT2D eigenvalue weighted by atomic mass is 127.